The van der Waals surface area contributed by atoms with Crippen LogP contribution in [0.25, 0.3) is 0 Å². The molecule has 3 aromatic rings. The number of anilines is 1. The van der Waals surface area contributed by atoms with Gasteiger partial charge in [-0.05, 0) is 36.2 Å². The number of nitrogens with one attached hydrogen (secondary N) is 1. The zero-order valence-electron chi connectivity index (χ0n) is 13.4. The van der Waals surface area contributed by atoms with Crippen LogP contribution in [0.3, 0.4) is 0 Å². The number of hydrogen-bond donors (Lipinski definition) is 1. The van der Waals surface area contributed by atoms with E-state index >= 15 is 0 Å². The molecule has 2 aromatic carbocycles. The largest absolute Gasteiger partial charge is 0.488 e. The number of benzene rings is 2. The third-order valence-corrected chi connectivity index (χ3v) is 3.64. The Morgan fingerprint density at radius 3 is 2.58 bits per heavy atom. The van der Waals surface area contributed by atoms with Gasteiger partial charge in [0.2, 0.25) is 0 Å². The first-order valence-corrected chi connectivity index (χ1v) is 7.72. The maximum atomic E-state index is 12.6. The van der Waals surface area contributed by atoms with Crippen LogP contribution >= 0.6 is 0 Å². The Morgan fingerprint density at radius 2 is 1.79 bits per heavy atom. The van der Waals surface area contributed by atoms with Crippen LogP contribution in [0.15, 0.2) is 73.1 Å². The summed E-state index contributed by atoms with van der Waals surface area (Å²) in [6.45, 7) is 2.32. The normalized spacial score (nSPS) is 10.2. The Kier molecular flexibility index (Phi) is 4.87. The fraction of sp³-hybridized carbons (Fsp3) is 0.100. The van der Waals surface area contributed by atoms with Gasteiger partial charge in [0.05, 0.1) is 5.56 Å². The van der Waals surface area contributed by atoms with Crippen LogP contribution in [-0.2, 0) is 6.61 Å². The molecular weight excluding hydrogens is 300 g/mol. The molecule has 0 aliphatic heterocycles. The molecule has 0 unspecified atom stereocenters. The number of pyridine rings is 1. The molecule has 3 rings (SSSR count). The highest BCUT2D eigenvalue weighted by molar-refractivity contribution is 6.06. The summed E-state index contributed by atoms with van der Waals surface area (Å²) in [6.07, 6.45) is 3.37. The van der Waals surface area contributed by atoms with Crippen molar-refractivity contribution in [2.24, 2.45) is 0 Å². The maximum Gasteiger partial charge on any atom is 0.259 e. The number of rotatable bonds is 5. The highest BCUT2D eigenvalue weighted by Gasteiger charge is 2.13. The third-order valence-electron chi connectivity index (χ3n) is 3.64. The minimum Gasteiger partial charge on any atom is -0.488 e. The molecule has 1 N–H and O–H groups in total. The molecule has 0 radical (unpaired) electrons. The minimum atomic E-state index is -0.201. The molecule has 1 aromatic heterocycles. The highest BCUT2D eigenvalue weighted by atomic mass is 16.5. The van der Waals surface area contributed by atoms with Crippen LogP contribution in [0.1, 0.15) is 21.5 Å². The van der Waals surface area contributed by atoms with Crippen LogP contribution in [0.4, 0.5) is 5.69 Å². The third kappa shape index (κ3) is 3.79. The van der Waals surface area contributed by atoms with E-state index in [1.54, 1.807) is 30.6 Å². The molecule has 0 aliphatic rings. The SMILES string of the molecule is Cc1cnccc1NC(=O)c1ccccc1OCc1ccccc1. The Hall–Kier alpha value is -3.14. The second-order valence-corrected chi connectivity index (χ2v) is 5.42. The maximum absolute atomic E-state index is 12.6. The fourth-order valence-electron chi connectivity index (χ4n) is 2.32. The Bertz CT molecular complexity index is 832. The lowest BCUT2D eigenvalue weighted by atomic mass is 10.1. The molecule has 0 spiro atoms. The molecule has 120 valence electrons. The predicted molar refractivity (Wildman–Crippen MR) is 94.1 cm³/mol. The molecule has 1 heterocycles. The first-order chi connectivity index (χ1) is 11.7. The number of para-hydroxylation sites is 1. The zero-order valence-corrected chi connectivity index (χ0v) is 13.4. The molecule has 0 saturated heterocycles. The van der Waals surface area contributed by atoms with Crippen LogP contribution in [0, 0.1) is 6.92 Å². The van der Waals surface area contributed by atoms with Crippen molar-refractivity contribution in [3.63, 3.8) is 0 Å². The number of aryl methyl sites for hydroxylation is 1. The lowest BCUT2D eigenvalue weighted by Crippen LogP contribution is -2.14. The van der Waals surface area contributed by atoms with Crippen molar-refractivity contribution in [2.75, 3.05) is 5.32 Å². The smallest absolute Gasteiger partial charge is 0.259 e. The van der Waals surface area contributed by atoms with E-state index in [-0.39, 0.29) is 5.91 Å². The fourth-order valence-corrected chi connectivity index (χ4v) is 2.32. The summed E-state index contributed by atoms with van der Waals surface area (Å²) in [6, 6.07) is 18.9. The van der Waals surface area contributed by atoms with Crippen LogP contribution in [0.5, 0.6) is 5.75 Å². The van der Waals surface area contributed by atoms with Gasteiger partial charge in [-0.25, -0.2) is 0 Å². The standard InChI is InChI=1S/C20H18N2O2/c1-15-13-21-12-11-18(15)22-20(23)17-9-5-6-10-19(17)24-14-16-7-3-2-4-8-16/h2-13H,14H2,1H3,(H,21,22,23). The van der Waals surface area contributed by atoms with Gasteiger partial charge in [0.25, 0.3) is 5.91 Å². The van der Waals surface area contributed by atoms with Gasteiger partial charge < -0.3 is 10.1 Å². The molecule has 0 saturated carbocycles. The summed E-state index contributed by atoms with van der Waals surface area (Å²) >= 11 is 0. The van der Waals surface area contributed by atoms with Crippen molar-refractivity contribution in [3.05, 3.63) is 89.7 Å². The summed E-state index contributed by atoms with van der Waals surface area (Å²) in [7, 11) is 0. The number of carbonyl (C=O) groups is 1. The topological polar surface area (TPSA) is 51.2 Å². The average Bonchev–Trinajstić information content (AvgIpc) is 2.63. The number of carbonyl (C=O) groups excluding carboxylic acids is 1. The molecule has 0 atom stereocenters. The summed E-state index contributed by atoms with van der Waals surface area (Å²) in [4.78, 5) is 16.6. The van der Waals surface area contributed by atoms with E-state index in [0.29, 0.717) is 17.9 Å². The summed E-state index contributed by atoms with van der Waals surface area (Å²) in [5.41, 5.74) is 3.21. The van der Waals surface area contributed by atoms with Crippen molar-refractivity contribution < 1.29 is 9.53 Å². The molecule has 0 bridgehead atoms. The minimum absolute atomic E-state index is 0.201. The molecule has 4 heteroatoms. The van der Waals surface area contributed by atoms with Gasteiger partial charge in [-0.2, -0.15) is 0 Å². The molecule has 0 aliphatic carbocycles. The number of ether oxygens (including phenoxy) is 1. The highest BCUT2D eigenvalue weighted by Crippen LogP contribution is 2.21. The summed E-state index contributed by atoms with van der Waals surface area (Å²) in [5.74, 6) is 0.360. The average molecular weight is 318 g/mol. The van der Waals surface area contributed by atoms with E-state index in [9.17, 15) is 4.79 Å². The second kappa shape index (κ2) is 7.42. The van der Waals surface area contributed by atoms with Crippen LogP contribution in [-0.4, -0.2) is 10.9 Å². The van der Waals surface area contributed by atoms with Gasteiger partial charge in [0.1, 0.15) is 12.4 Å². The van der Waals surface area contributed by atoms with Crippen molar-refractivity contribution in [3.8, 4) is 5.75 Å². The van der Waals surface area contributed by atoms with Crippen LogP contribution < -0.4 is 10.1 Å². The monoisotopic (exact) mass is 318 g/mol. The Morgan fingerprint density at radius 1 is 1.04 bits per heavy atom. The van der Waals surface area contributed by atoms with Crippen molar-refractivity contribution in [1.29, 1.82) is 0 Å². The molecular formula is C20H18N2O2. The Labute approximate surface area is 141 Å². The van der Waals surface area contributed by atoms with E-state index in [2.05, 4.69) is 10.3 Å². The Balaban J connectivity index is 1.76. The number of amides is 1. The van der Waals surface area contributed by atoms with Crippen molar-refractivity contribution in [2.45, 2.75) is 13.5 Å². The summed E-state index contributed by atoms with van der Waals surface area (Å²) in [5, 5.41) is 2.91. The lowest BCUT2D eigenvalue weighted by Gasteiger charge is -2.12. The van der Waals surface area contributed by atoms with E-state index in [1.165, 1.54) is 0 Å². The second-order valence-electron chi connectivity index (χ2n) is 5.42. The van der Waals surface area contributed by atoms with Gasteiger partial charge in [0.15, 0.2) is 0 Å². The summed E-state index contributed by atoms with van der Waals surface area (Å²) < 4.78 is 5.84. The van der Waals surface area contributed by atoms with E-state index in [1.807, 2.05) is 49.4 Å². The van der Waals surface area contributed by atoms with E-state index in [4.69, 9.17) is 4.74 Å². The van der Waals surface area contributed by atoms with Gasteiger partial charge in [0, 0.05) is 18.1 Å². The van der Waals surface area contributed by atoms with Gasteiger partial charge in [-0.3, -0.25) is 9.78 Å². The van der Waals surface area contributed by atoms with Crippen molar-refractivity contribution in [1.82, 2.24) is 4.98 Å². The molecule has 24 heavy (non-hydrogen) atoms. The molecule has 4 nitrogen and oxygen atoms in total. The predicted octanol–water partition coefficient (Wildman–Crippen LogP) is 4.22. The van der Waals surface area contributed by atoms with Crippen LogP contribution in [0.2, 0.25) is 0 Å². The number of aromatic nitrogens is 1. The number of hydrogen-bond acceptors (Lipinski definition) is 3. The first-order valence-electron chi connectivity index (χ1n) is 7.72. The van der Waals surface area contributed by atoms with Gasteiger partial charge in [-0.1, -0.05) is 42.5 Å². The molecule has 1 amide bonds. The van der Waals surface area contributed by atoms with Gasteiger partial charge >= 0.3 is 0 Å². The van der Waals surface area contributed by atoms with Gasteiger partial charge in [-0.15, -0.1) is 0 Å². The molecule has 0 fully saturated rings. The number of nitrogens with zero attached hydrogens (tertiary/aromatic N) is 1. The van der Waals surface area contributed by atoms with Crippen molar-refractivity contribution >= 4 is 11.6 Å². The lowest BCUT2D eigenvalue weighted by molar-refractivity contribution is 0.102. The first kappa shape index (κ1) is 15.7. The quantitative estimate of drug-likeness (QED) is 0.766. The van der Waals surface area contributed by atoms with E-state index in [0.717, 1.165) is 16.8 Å². The van der Waals surface area contributed by atoms with E-state index < -0.39 is 0 Å². The zero-order chi connectivity index (χ0) is 16.8.